The van der Waals surface area contributed by atoms with Crippen molar-refractivity contribution in [3.8, 4) is 0 Å². The van der Waals surface area contributed by atoms with Gasteiger partial charge in [-0.3, -0.25) is 9.59 Å². The number of benzene rings is 1. The van der Waals surface area contributed by atoms with E-state index in [0.717, 1.165) is 0 Å². The van der Waals surface area contributed by atoms with Crippen LogP contribution in [0.1, 0.15) is 105 Å². The van der Waals surface area contributed by atoms with E-state index in [1.165, 1.54) is 0 Å². The number of aliphatic hydroxyl groups excluding tert-OH is 1. The lowest BCUT2D eigenvalue weighted by Crippen LogP contribution is -2.61. The second-order valence-corrected chi connectivity index (χ2v) is 20.1. The third-order valence-electron chi connectivity index (χ3n) is 15.3. The Morgan fingerprint density at radius 2 is 1.51 bits per heavy atom. The van der Waals surface area contributed by atoms with Crippen molar-refractivity contribution in [3.05, 3.63) is 48.0 Å². The number of likely N-dealkylation sites (N-methyl/N-ethyl adjacent to an activating group) is 1. The Morgan fingerprint density at radius 3 is 2.10 bits per heavy atom. The van der Waals surface area contributed by atoms with E-state index in [9.17, 15) is 19.5 Å². The van der Waals surface area contributed by atoms with E-state index in [2.05, 4.69) is 12.2 Å². The minimum absolute atomic E-state index is 0.0418. The third-order valence-corrected chi connectivity index (χ3v) is 15.3. The number of aliphatic hydroxyl groups is 1. The van der Waals surface area contributed by atoms with Crippen molar-refractivity contribution in [2.24, 2.45) is 35.0 Å². The number of esters is 2. The summed E-state index contributed by atoms with van der Waals surface area (Å²) < 4.78 is 58.8. The molecule has 6 rings (SSSR count). The average Bonchev–Trinajstić information content (AvgIpc) is 3.97. The predicted molar refractivity (Wildman–Crippen MR) is 233 cm³/mol. The molecule has 0 saturated carbocycles. The van der Waals surface area contributed by atoms with E-state index < -0.39 is 107 Å². The summed E-state index contributed by atoms with van der Waals surface area (Å²) in [6.45, 7) is 19.4. The van der Waals surface area contributed by atoms with Crippen LogP contribution in [0.15, 0.2) is 42.5 Å². The van der Waals surface area contributed by atoms with Gasteiger partial charge in [0.2, 0.25) is 0 Å². The molecule has 1 aromatic rings. The number of hydrogen-bond acceptors (Lipinski definition) is 14. The topological polar surface area (TPSA) is 158 Å². The van der Waals surface area contributed by atoms with E-state index >= 15 is 0 Å². The van der Waals surface area contributed by atoms with Crippen LogP contribution in [0.3, 0.4) is 0 Å². The summed E-state index contributed by atoms with van der Waals surface area (Å²) in [7, 11) is 6.97. The van der Waals surface area contributed by atoms with Crippen molar-refractivity contribution in [1.29, 1.82) is 0 Å². The van der Waals surface area contributed by atoms with Gasteiger partial charge in [-0.05, 0) is 87.0 Å². The minimum Gasteiger partial charge on any atom is -0.459 e. The molecule has 0 amide bonds. The monoisotopic (exact) mass is 886 g/mol. The molecule has 1 aliphatic carbocycles. The van der Waals surface area contributed by atoms with Gasteiger partial charge >= 0.3 is 11.9 Å². The van der Waals surface area contributed by atoms with Crippen LogP contribution in [0.25, 0.3) is 0 Å². The molecule has 4 fully saturated rings. The Balaban J connectivity index is 1.41. The number of fused-ring (bicyclic) bond motifs is 2. The Bertz CT molecular complexity index is 1790. The van der Waals surface area contributed by atoms with E-state index in [0.29, 0.717) is 25.0 Å². The van der Waals surface area contributed by atoms with Crippen molar-refractivity contribution in [3.63, 3.8) is 0 Å². The maximum atomic E-state index is 14.8. The lowest BCUT2D eigenvalue weighted by molar-refractivity contribution is -0.319. The number of carbonyl (C=O) groups is 3. The molecule has 1 aromatic carbocycles. The van der Waals surface area contributed by atoms with E-state index in [-0.39, 0.29) is 36.7 Å². The van der Waals surface area contributed by atoms with Gasteiger partial charge in [0.15, 0.2) is 18.7 Å². The fourth-order valence-electron chi connectivity index (χ4n) is 11.5. The number of hydrogen-bond donors (Lipinski definition) is 1. The molecule has 5 aliphatic rings. The van der Waals surface area contributed by atoms with Crippen molar-refractivity contribution < 1.29 is 62.1 Å². The number of rotatable bonds is 10. The van der Waals surface area contributed by atoms with Crippen molar-refractivity contribution >= 4 is 17.7 Å². The smallest absolute Gasteiger partial charge is 0.338 e. The third kappa shape index (κ3) is 9.72. The molecule has 18 atom stereocenters. The van der Waals surface area contributed by atoms with Gasteiger partial charge in [0.1, 0.15) is 29.2 Å². The largest absolute Gasteiger partial charge is 0.459 e. The van der Waals surface area contributed by atoms with Gasteiger partial charge in [0.05, 0.1) is 48.1 Å². The molecule has 1 N–H and O–H groups in total. The summed E-state index contributed by atoms with van der Waals surface area (Å²) in [6.07, 6.45) is -1.75. The van der Waals surface area contributed by atoms with Crippen LogP contribution in [-0.2, 0) is 52.2 Å². The van der Waals surface area contributed by atoms with Gasteiger partial charge in [0, 0.05) is 55.8 Å². The zero-order valence-electron chi connectivity index (χ0n) is 40.0. The molecule has 63 heavy (non-hydrogen) atoms. The normalized spacial score (nSPS) is 44.5. The Kier molecular flexibility index (Phi) is 15.1. The summed E-state index contributed by atoms with van der Waals surface area (Å²) in [6, 6.07) is 8.47. The number of Topliss-reactive ketones (excluding diaryl/α,β-unsaturated/α-hetero) is 1. The molecular formula is C49H75NO13. The lowest BCUT2D eigenvalue weighted by atomic mass is 9.65. The predicted octanol–water partition coefficient (Wildman–Crippen LogP) is 6.15. The maximum Gasteiger partial charge on any atom is 0.338 e. The number of cyclic esters (lactones) is 1. The van der Waals surface area contributed by atoms with E-state index in [4.69, 9.17) is 42.6 Å². The quantitative estimate of drug-likeness (QED) is 0.211. The molecule has 3 unspecified atom stereocenters. The van der Waals surface area contributed by atoms with Crippen LogP contribution in [0.4, 0.5) is 0 Å². The van der Waals surface area contributed by atoms with Crippen LogP contribution < -0.4 is 0 Å². The molecule has 14 heteroatoms. The highest BCUT2D eigenvalue weighted by atomic mass is 16.7. The molecule has 0 aromatic heterocycles. The second kappa shape index (κ2) is 19.2. The van der Waals surface area contributed by atoms with E-state index in [1.54, 1.807) is 52.3 Å². The van der Waals surface area contributed by atoms with Crippen LogP contribution in [0.2, 0.25) is 0 Å². The molecule has 1 spiro atoms. The van der Waals surface area contributed by atoms with Crippen LogP contribution >= 0.6 is 0 Å². The van der Waals surface area contributed by atoms with Crippen molar-refractivity contribution in [2.45, 2.75) is 173 Å². The van der Waals surface area contributed by atoms with Crippen LogP contribution in [0, 0.1) is 35.0 Å². The van der Waals surface area contributed by atoms with Crippen LogP contribution in [0.5, 0.6) is 0 Å². The number of methoxy groups -OCH3 is 2. The Labute approximate surface area is 374 Å². The number of carbonyl (C=O) groups excluding carboxylic acids is 3. The highest BCUT2D eigenvalue weighted by Gasteiger charge is 2.65. The molecule has 0 radical (unpaired) electrons. The average molecular weight is 886 g/mol. The van der Waals surface area contributed by atoms with Crippen molar-refractivity contribution in [1.82, 2.24) is 4.90 Å². The molecule has 4 aliphatic heterocycles. The van der Waals surface area contributed by atoms with Gasteiger partial charge in [-0.2, -0.15) is 0 Å². The van der Waals surface area contributed by atoms with Gasteiger partial charge < -0.3 is 52.6 Å². The summed E-state index contributed by atoms with van der Waals surface area (Å²) >= 11 is 0. The van der Waals surface area contributed by atoms with Gasteiger partial charge in [-0.15, -0.1) is 0 Å². The van der Waals surface area contributed by atoms with Gasteiger partial charge in [0.25, 0.3) is 0 Å². The number of ketones is 1. The first-order valence-electron chi connectivity index (χ1n) is 23.0. The fourth-order valence-corrected chi connectivity index (χ4v) is 11.5. The van der Waals surface area contributed by atoms with Crippen LogP contribution in [-0.4, -0.2) is 141 Å². The SMILES string of the molecule is CC[C@H]1OC(=O)[C@H](C)[C@@H](O[C@H]2C[C@@](C)(OC)C(OC(=O)c3ccccc3)[C@H](C)O2)[C@H](C)[C@@H](O[C@@H]2O[C@H](C)C[C@H](N(C)C)[C@H]2O)[C@](C)(OC)CC(C)C(=O)C(C)[C@H]2C3(C=C3)CO[C@]12C. The molecule has 14 nitrogen and oxygen atoms in total. The molecule has 0 bridgehead atoms. The zero-order chi connectivity index (χ0) is 46.4. The highest BCUT2D eigenvalue weighted by molar-refractivity contribution is 5.89. The first-order valence-corrected chi connectivity index (χ1v) is 23.0. The number of nitrogens with zero attached hydrogens (tertiary/aromatic N) is 1. The standard InChI is InChI=1S/C49H75NO13/c1-15-35-48(10)40(49(21-22-49)26-57-48)29(4)37(51)27(2)24-46(8,55-13)41(63-45-38(52)34(50(11)12)23-28(3)58-45)30(5)39(31(6)43(53)60-35)61-36-25-47(9,56-14)42(32(7)59-36)62-44(54)33-19-17-16-18-20-33/h16-22,27-32,34-36,38-42,45,52H,15,23-26H2,1-14H3/t27?,28-,29?,30+,31-,32+,34+,35-,36+,38-,39+,40-,41-,42?,45+,46-,47-,48-/m1/s1. The summed E-state index contributed by atoms with van der Waals surface area (Å²) in [5, 5.41) is 11.8. The first-order chi connectivity index (χ1) is 29.6. The van der Waals surface area contributed by atoms with Gasteiger partial charge in [-0.25, -0.2) is 4.79 Å². The Hall–Kier alpha value is -2.79. The first kappa shape index (κ1) is 49.6. The molecular weight excluding hydrogens is 811 g/mol. The zero-order valence-corrected chi connectivity index (χ0v) is 40.0. The Morgan fingerprint density at radius 1 is 0.873 bits per heavy atom. The molecule has 4 saturated heterocycles. The minimum atomic E-state index is -1.18. The second-order valence-electron chi connectivity index (χ2n) is 20.1. The molecule has 4 heterocycles. The van der Waals surface area contributed by atoms with Gasteiger partial charge in [-0.1, -0.05) is 58.0 Å². The maximum absolute atomic E-state index is 14.8. The van der Waals surface area contributed by atoms with E-state index in [1.807, 2.05) is 80.5 Å². The lowest BCUT2D eigenvalue weighted by Gasteiger charge is -2.50. The summed E-state index contributed by atoms with van der Waals surface area (Å²) in [4.78, 5) is 44.9. The summed E-state index contributed by atoms with van der Waals surface area (Å²) in [5.41, 5.74) is -3.22. The molecule has 354 valence electrons. The van der Waals surface area contributed by atoms with Crippen molar-refractivity contribution in [2.75, 3.05) is 34.9 Å². The fraction of sp³-hybridized carbons (Fsp3) is 0.776. The number of ether oxygens (including phenoxy) is 9. The summed E-state index contributed by atoms with van der Waals surface area (Å²) in [5.74, 6) is -3.82. The highest BCUT2D eigenvalue weighted by Crippen LogP contribution is 2.59.